The molecule has 0 spiro atoms. The van der Waals surface area contributed by atoms with Gasteiger partial charge in [0.25, 0.3) is 0 Å². The summed E-state index contributed by atoms with van der Waals surface area (Å²) in [5, 5.41) is 9.00. The molecule has 0 aromatic heterocycles. The van der Waals surface area contributed by atoms with Gasteiger partial charge in [0.15, 0.2) is 0 Å². The minimum Gasteiger partial charge on any atom is -0.479 e. The van der Waals surface area contributed by atoms with Crippen LogP contribution in [0.25, 0.3) is 0 Å². The van der Waals surface area contributed by atoms with Crippen LogP contribution >= 0.6 is 23.2 Å². The van der Waals surface area contributed by atoms with E-state index in [1.807, 2.05) is 0 Å². The number of halogens is 3. The lowest BCUT2D eigenvalue weighted by molar-refractivity contribution is -0.150. The fourth-order valence-corrected chi connectivity index (χ4v) is 1.21. The molecule has 0 aliphatic carbocycles. The van der Waals surface area contributed by atoms with Crippen molar-refractivity contribution in [2.24, 2.45) is 0 Å². The number of hydrogen-bond donors (Lipinski definition) is 1. The van der Waals surface area contributed by atoms with Gasteiger partial charge in [-0.1, -0.05) is 29.3 Å². The number of benzene rings is 1. The van der Waals surface area contributed by atoms with Gasteiger partial charge in [0.05, 0.1) is 10.0 Å². The number of carboxylic acids is 1. The molecule has 1 rings (SSSR count). The predicted molar refractivity (Wildman–Crippen MR) is 52.6 cm³/mol. The Morgan fingerprint density at radius 2 is 2.00 bits per heavy atom. The molecule has 0 aliphatic rings. The monoisotopic (exact) mass is 236 g/mol. The number of carbonyl (C=O) groups is 1. The summed E-state index contributed by atoms with van der Waals surface area (Å²) in [6.45, 7) is 0.953. The SMILES string of the molecule is CC(F)(C(=O)O)c1ccc(Cl)c(Cl)c1. The minimum absolute atomic E-state index is 0.0283. The third-order valence-corrected chi connectivity index (χ3v) is 2.60. The van der Waals surface area contributed by atoms with E-state index in [1.54, 1.807) is 0 Å². The summed E-state index contributed by atoms with van der Waals surface area (Å²) in [7, 11) is 0. The normalized spacial score (nSPS) is 14.9. The van der Waals surface area contributed by atoms with Crippen LogP contribution in [0.4, 0.5) is 4.39 Å². The molecule has 0 fully saturated rings. The summed E-state index contributed by atoms with van der Waals surface area (Å²) in [6.07, 6.45) is 0. The van der Waals surface area contributed by atoms with E-state index in [9.17, 15) is 9.18 Å². The zero-order chi connectivity index (χ0) is 10.9. The van der Waals surface area contributed by atoms with Crippen LogP contribution in [0.1, 0.15) is 12.5 Å². The van der Waals surface area contributed by atoms with Crippen LogP contribution in [-0.4, -0.2) is 11.1 Å². The van der Waals surface area contributed by atoms with Crippen molar-refractivity contribution in [1.29, 1.82) is 0 Å². The molecular weight excluding hydrogens is 230 g/mol. The third-order valence-electron chi connectivity index (χ3n) is 1.86. The lowest BCUT2D eigenvalue weighted by Crippen LogP contribution is -2.26. The highest BCUT2D eigenvalue weighted by Crippen LogP contribution is 2.31. The van der Waals surface area contributed by atoms with Gasteiger partial charge in [-0.25, -0.2) is 9.18 Å². The molecular formula is C9H7Cl2FO2. The lowest BCUT2D eigenvalue weighted by atomic mass is 9.98. The zero-order valence-corrected chi connectivity index (χ0v) is 8.73. The van der Waals surface area contributed by atoms with E-state index in [-0.39, 0.29) is 15.6 Å². The fraction of sp³-hybridized carbons (Fsp3) is 0.222. The van der Waals surface area contributed by atoms with Gasteiger partial charge in [-0.2, -0.15) is 0 Å². The second-order valence-corrected chi connectivity index (χ2v) is 3.75. The van der Waals surface area contributed by atoms with Crippen molar-refractivity contribution in [2.75, 3.05) is 0 Å². The second-order valence-electron chi connectivity index (χ2n) is 2.94. The van der Waals surface area contributed by atoms with Gasteiger partial charge < -0.3 is 5.11 Å². The smallest absolute Gasteiger partial charge is 0.345 e. The highest BCUT2D eigenvalue weighted by Gasteiger charge is 2.35. The van der Waals surface area contributed by atoms with Gasteiger partial charge in [0, 0.05) is 5.56 Å². The van der Waals surface area contributed by atoms with Crippen molar-refractivity contribution in [3.63, 3.8) is 0 Å². The molecule has 0 heterocycles. The van der Waals surface area contributed by atoms with Crippen LogP contribution in [0.3, 0.4) is 0 Å². The Kier molecular flexibility index (Phi) is 3.02. The van der Waals surface area contributed by atoms with Crippen LogP contribution in [0.5, 0.6) is 0 Å². The van der Waals surface area contributed by atoms with Crippen LogP contribution in [0.2, 0.25) is 10.0 Å². The van der Waals surface area contributed by atoms with Crippen LogP contribution in [-0.2, 0) is 10.5 Å². The van der Waals surface area contributed by atoms with Crippen LogP contribution in [0, 0.1) is 0 Å². The van der Waals surface area contributed by atoms with E-state index in [2.05, 4.69) is 0 Å². The molecule has 0 radical (unpaired) electrons. The zero-order valence-electron chi connectivity index (χ0n) is 7.22. The number of rotatable bonds is 2. The van der Waals surface area contributed by atoms with Crippen molar-refractivity contribution in [3.8, 4) is 0 Å². The molecule has 0 saturated heterocycles. The molecule has 0 aliphatic heterocycles. The molecule has 0 bridgehead atoms. The standard InChI is InChI=1S/C9H7Cl2FO2/c1-9(12,8(13)14)5-2-3-6(10)7(11)4-5/h2-4H,1H3,(H,13,14). The van der Waals surface area contributed by atoms with E-state index < -0.39 is 11.6 Å². The van der Waals surface area contributed by atoms with Gasteiger partial charge in [-0.3, -0.25) is 0 Å². The average molecular weight is 237 g/mol. The Bertz CT molecular complexity index is 377. The molecule has 1 N–H and O–H groups in total. The summed E-state index contributed by atoms with van der Waals surface area (Å²) in [6, 6.07) is 3.86. The number of alkyl halides is 1. The largest absolute Gasteiger partial charge is 0.479 e. The predicted octanol–water partition coefficient (Wildman–Crippen LogP) is 3.26. The number of aliphatic carboxylic acids is 1. The minimum atomic E-state index is -2.45. The van der Waals surface area contributed by atoms with Crippen molar-refractivity contribution in [2.45, 2.75) is 12.6 Å². The molecule has 1 atom stereocenters. The van der Waals surface area contributed by atoms with Gasteiger partial charge in [0.1, 0.15) is 0 Å². The van der Waals surface area contributed by atoms with Gasteiger partial charge in [-0.15, -0.1) is 0 Å². The van der Waals surface area contributed by atoms with Crippen molar-refractivity contribution in [1.82, 2.24) is 0 Å². The summed E-state index contributed by atoms with van der Waals surface area (Å²) >= 11 is 11.2. The molecule has 0 saturated carbocycles. The van der Waals surface area contributed by atoms with Crippen LogP contribution in [0.15, 0.2) is 18.2 Å². The second kappa shape index (κ2) is 3.75. The van der Waals surface area contributed by atoms with Crippen LogP contribution < -0.4 is 0 Å². The maximum absolute atomic E-state index is 13.6. The Balaban J connectivity index is 3.21. The first-order valence-electron chi connectivity index (χ1n) is 3.73. The maximum Gasteiger partial charge on any atom is 0.345 e. The number of carboxylic acid groups (broad SMARTS) is 1. The highest BCUT2D eigenvalue weighted by molar-refractivity contribution is 6.42. The van der Waals surface area contributed by atoms with Crippen molar-refractivity contribution >= 4 is 29.2 Å². The number of hydrogen-bond acceptors (Lipinski definition) is 1. The average Bonchev–Trinajstić information content (AvgIpc) is 2.09. The Hall–Kier alpha value is -0.800. The molecule has 2 nitrogen and oxygen atoms in total. The van der Waals surface area contributed by atoms with Crippen molar-refractivity contribution in [3.05, 3.63) is 33.8 Å². The van der Waals surface area contributed by atoms with E-state index >= 15 is 0 Å². The van der Waals surface area contributed by atoms with E-state index in [4.69, 9.17) is 28.3 Å². The molecule has 14 heavy (non-hydrogen) atoms. The molecule has 1 unspecified atom stereocenters. The quantitative estimate of drug-likeness (QED) is 0.856. The van der Waals surface area contributed by atoms with Crippen molar-refractivity contribution < 1.29 is 14.3 Å². The molecule has 5 heteroatoms. The Morgan fingerprint density at radius 1 is 1.43 bits per heavy atom. The summed E-state index contributed by atoms with van der Waals surface area (Å²) in [5.41, 5.74) is -2.48. The summed E-state index contributed by atoms with van der Waals surface area (Å²) < 4.78 is 13.6. The Labute approximate surface area is 90.3 Å². The third kappa shape index (κ3) is 1.99. The first-order valence-corrected chi connectivity index (χ1v) is 4.49. The maximum atomic E-state index is 13.6. The van der Waals surface area contributed by atoms with Gasteiger partial charge >= 0.3 is 5.97 Å². The molecule has 1 aromatic rings. The van der Waals surface area contributed by atoms with Gasteiger partial charge in [-0.05, 0) is 19.1 Å². The fourth-order valence-electron chi connectivity index (χ4n) is 0.912. The van der Waals surface area contributed by atoms with E-state index in [0.717, 1.165) is 6.92 Å². The first-order chi connectivity index (χ1) is 6.35. The highest BCUT2D eigenvalue weighted by atomic mass is 35.5. The van der Waals surface area contributed by atoms with E-state index in [0.29, 0.717) is 0 Å². The first kappa shape index (κ1) is 11.3. The lowest BCUT2D eigenvalue weighted by Gasteiger charge is -2.15. The van der Waals surface area contributed by atoms with E-state index in [1.165, 1.54) is 18.2 Å². The summed E-state index contributed by atoms with van der Waals surface area (Å²) in [4.78, 5) is 10.6. The summed E-state index contributed by atoms with van der Waals surface area (Å²) in [5.74, 6) is -1.56. The van der Waals surface area contributed by atoms with Gasteiger partial charge in [0.2, 0.25) is 5.67 Å². The molecule has 1 aromatic carbocycles. The molecule has 76 valence electrons. The molecule has 0 amide bonds. The Morgan fingerprint density at radius 3 is 2.43 bits per heavy atom. The topological polar surface area (TPSA) is 37.3 Å².